The number of halogens is 1. The predicted octanol–water partition coefficient (Wildman–Crippen LogP) is 1.88. The van der Waals surface area contributed by atoms with Crippen LogP contribution in [0, 0.1) is 0 Å². The third kappa shape index (κ3) is 6.55. The largest absolute Gasteiger partial charge is 0.481 e. The minimum Gasteiger partial charge on any atom is -0.481 e. The molecule has 0 unspecified atom stereocenters. The highest BCUT2D eigenvalue weighted by molar-refractivity contribution is 7.99. The van der Waals surface area contributed by atoms with Crippen molar-refractivity contribution in [1.29, 1.82) is 0 Å². The van der Waals surface area contributed by atoms with Gasteiger partial charge in [-0.25, -0.2) is 0 Å². The summed E-state index contributed by atoms with van der Waals surface area (Å²) in [5.74, 6) is -0.242. The maximum Gasteiger partial charge on any atom is 0.313 e. The van der Waals surface area contributed by atoms with Crippen molar-refractivity contribution in [3.63, 3.8) is 0 Å². The lowest BCUT2D eigenvalue weighted by atomic mass is 10.3. The monoisotopic (exact) mass is 293 g/mol. The summed E-state index contributed by atoms with van der Waals surface area (Å²) in [4.78, 5) is 22.6. The van der Waals surface area contributed by atoms with E-state index in [-0.39, 0.29) is 11.7 Å². The summed E-state index contributed by atoms with van der Waals surface area (Å²) in [5.41, 5.74) is 0. The lowest BCUT2D eigenvalue weighted by Gasteiger charge is -2.03. The molecule has 1 amide bonds. The van der Waals surface area contributed by atoms with Gasteiger partial charge in [-0.05, 0) is 12.1 Å². The molecule has 0 atom stereocenters. The fourth-order valence-electron chi connectivity index (χ4n) is 1.09. The number of aliphatic carboxylic acids is 1. The number of rotatable bonds is 7. The van der Waals surface area contributed by atoms with E-state index in [2.05, 4.69) is 5.32 Å². The van der Waals surface area contributed by atoms with Gasteiger partial charge in [-0.1, -0.05) is 11.6 Å². The average molecular weight is 294 g/mol. The SMILES string of the molecule is O=C(O)CSCCNC(=O)Cc1ccc(Cl)s1. The zero-order valence-corrected chi connectivity index (χ0v) is 11.3. The molecule has 4 nitrogen and oxygen atoms in total. The Morgan fingerprint density at radius 3 is 2.82 bits per heavy atom. The highest BCUT2D eigenvalue weighted by Gasteiger charge is 2.05. The first kappa shape index (κ1) is 14.3. The molecule has 0 bridgehead atoms. The number of hydrogen-bond donors (Lipinski definition) is 2. The molecule has 1 aromatic rings. The van der Waals surface area contributed by atoms with Crippen LogP contribution < -0.4 is 5.32 Å². The Morgan fingerprint density at radius 1 is 1.47 bits per heavy atom. The number of carboxylic acid groups (broad SMARTS) is 1. The van der Waals surface area contributed by atoms with Crippen molar-refractivity contribution in [1.82, 2.24) is 5.32 Å². The Bertz CT molecular complexity index is 395. The van der Waals surface area contributed by atoms with E-state index >= 15 is 0 Å². The van der Waals surface area contributed by atoms with E-state index in [1.807, 2.05) is 6.07 Å². The molecule has 0 aliphatic rings. The van der Waals surface area contributed by atoms with Crippen LogP contribution in [0.2, 0.25) is 4.34 Å². The molecule has 0 saturated heterocycles. The molecule has 0 aromatic carbocycles. The molecule has 1 aromatic heterocycles. The first-order valence-corrected chi connectivity index (χ1v) is 7.23. The van der Waals surface area contributed by atoms with Gasteiger partial charge in [0.2, 0.25) is 5.91 Å². The fraction of sp³-hybridized carbons (Fsp3) is 0.400. The van der Waals surface area contributed by atoms with Gasteiger partial charge in [0.1, 0.15) is 0 Å². The van der Waals surface area contributed by atoms with Gasteiger partial charge in [-0.3, -0.25) is 9.59 Å². The van der Waals surface area contributed by atoms with Gasteiger partial charge >= 0.3 is 5.97 Å². The van der Waals surface area contributed by atoms with Crippen LogP contribution in [0.15, 0.2) is 12.1 Å². The van der Waals surface area contributed by atoms with Crippen molar-refractivity contribution < 1.29 is 14.7 Å². The normalized spacial score (nSPS) is 10.2. The molecule has 2 N–H and O–H groups in total. The number of hydrogen-bond acceptors (Lipinski definition) is 4. The Morgan fingerprint density at radius 2 is 2.24 bits per heavy atom. The van der Waals surface area contributed by atoms with Gasteiger partial charge in [-0.15, -0.1) is 23.1 Å². The second kappa shape index (κ2) is 7.58. The van der Waals surface area contributed by atoms with Crippen LogP contribution in [-0.4, -0.2) is 35.0 Å². The van der Waals surface area contributed by atoms with Gasteiger partial charge < -0.3 is 10.4 Å². The number of carboxylic acids is 1. The minimum absolute atomic E-state index is 0.0659. The number of thiophene rings is 1. The number of carbonyl (C=O) groups excluding carboxylic acids is 1. The van der Waals surface area contributed by atoms with Crippen molar-refractivity contribution in [2.45, 2.75) is 6.42 Å². The molecule has 0 radical (unpaired) electrons. The second-order valence-corrected chi connectivity index (χ2v) is 6.08. The van der Waals surface area contributed by atoms with Crippen molar-refractivity contribution in [3.8, 4) is 0 Å². The molecule has 0 saturated carbocycles. The molecule has 1 rings (SSSR count). The van der Waals surface area contributed by atoms with Crippen LogP contribution in [0.3, 0.4) is 0 Å². The van der Waals surface area contributed by atoms with Gasteiger partial charge in [0.25, 0.3) is 0 Å². The Hall–Kier alpha value is -0.720. The molecular formula is C10H12ClNO3S2. The summed E-state index contributed by atoms with van der Waals surface area (Å²) in [7, 11) is 0. The lowest BCUT2D eigenvalue weighted by Crippen LogP contribution is -2.27. The number of amides is 1. The zero-order valence-electron chi connectivity index (χ0n) is 8.94. The van der Waals surface area contributed by atoms with Crippen LogP contribution in [0.25, 0.3) is 0 Å². The Kier molecular flexibility index (Phi) is 6.39. The highest BCUT2D eigenvalue weighted by Crippen LogP contribution is 2.21. The summed E-state index contributed by atoms with van der Waals surface area (Å²) in [6.07, 6.45) is 0.320. The van der Waals surface area contributed by atoms with Gasteiger partial charge in [-0.2, -0.15) is 0 Å². The van der Waals surface area contributed by atoms with Crippen LogP contribution in [0.1, 0.15) is 4.88 Å². The van der Waals surface area contributed by atoms with Crippen molar-refractivity contribution in [2.75, 3.05) is 18.1 Å². The van der Waals surface area contributed by atoms with Gasteiger partial charge in [0.15, 0.2) is 0 Å². The number of nitrogens with one attached hydrogen (secondary N) is 1. The molecule has 17 heavy (non-hydrogen) atoms. The van der Waals surface area contributed by atoms with E-state index in [0.717, 1.165) is 4.88 Å². The number of carbonyl (C=O) groups is 2. The third-order valence-electron chi connectivity index (χ3n) is 1.76. The topological polar surface area (TPSA) is 66.4 Å². The summed E-state index contributed by atoms with van der Waals surface area (Å²) in [6, 6.07) is 3.59. The second-order valence-electron chi connectivity index (χ2n) is 3.18. The predicted molar refractivity (Wildman–Crippen MR) is 71.0 cm³/mol. The van der Waals surface area contributed by atoms with Crippen LogP contribution in [0.5, 0.6) is 0 Å². The Labute approximate surface area is 112 Å². The fourth-order valence-corrected chi connectivity index (χ4v) is 2.74. The van der Waals surface area contributed by atoms with E-state index < -0.39 is 5.97 Å². The van der Waals surface area contributed by atoms with Gasteiger partial charge in [0, 0.05) is 17.2 Å². The molecule has 7 heteroatoms. The van der Waals surface area contributed by atoms with Crippen molar-refractivity contribution >= 4 is 46.6 Å². The van der Waals surface area contributed by atoms with E-state index in [1.165, 1.54) is 23.1 Å². The summed E-state index contributed by atoms with van der Waals surface area (Å²) < 4.78 is 0.671. The molecular weight excluding hydrogens is 282 g/mol. The Balaban J connectivity index is 2.11. The molecule has 0 spiro atoms. The van der Waals surface area contributed by atoms with Crippen LogP contribution in [0.4, 0.5) is 0 Å². The maximum absolute atomic E-state index is 11.4. The molecule has 0 fully saturated rings. The average Bonchev–Trinajstić information content (AvgIpc) is 2.63. The summed E-state index contributed by atoms with van der Waals surface area (Å²) in [5, 5.41) is 11.1. The zero-order chi connectivity index (χ0) is 12.7. The minimum atomic E-state index is -0.838. The van der Waals surface area contributed by atoms with Crippen molar-refractivity contribution in [2.24, 2.45) is 0 Å². The van der Waals surface area contributed by atoms with Crippen molar-refractivity contribution in [3.05, 3.63) is 21.3 Å². The van der Waals surface area contributed by atoms with Crippen LogP contribution >= 0.6 is 34.7 Å². The first-order valence-electron chi connectivity index (χ1n) is 4.88. The molecule has 94 valence electrons. The van der Waals surface area contributed by atoms with Crippen LogP contribution in [-0.2, 0) is 16.0 Å². The first-order chi connectivity index (χ1) is 8.08. The van der Waals surface area contributed by atoms with Gasteiger partial charge in [0.05, 0.1) is 16.5 Å². The van der Waals surface area contributed by atoms with E-state index in [1.54, 1.807) is 6.07 Å². The third-order valence-corrected chi connectivity index (χ3v) is 3.93. The maximum atomic E-state index is 11.4. The van der Waals surface area contributed by atoms with E-state index in [4.69, 9.17) is 16.7 Å². The molecule has 0 aliphatic heterocycles. The lowest BCUT2D eigenvalue weighted by molar-refractivity contribution is -0.133. The summed E-state index contributed by atoms with van der Waals surface area (Å²) in [6.45, 7) is 0.482. The molecule has 0 aliphatic carbocycles. The highest BCUT2D eigenvalue weighted by atomic mass is 35.5. The van der Waals surface area contributed by atoms with E-state index in [0.29, 0.717) is 23.1 Å². The summed E-state index contributed by atoms with van der Waals surface area (Å²) >= 11 is 8.41. The molecule has 1 heterocycles. The number of thioether (sulfide) groups is 1. The smallest absolute Gasteiger partial charge is 0.313 e. The van der Waals surface area contributed by atoms with E-state index in [9.17, 15) is 9.59 Å². The quantitative estimate of drug-likeness (QED) is 0.753. The standard InChI is InChI=1S/C10H12ClNO3S2/c11-8-2-1-7(17-8)5-9(13)12-3-4-16-6-10(14)15/h1-2H,3-6H2,(H,12,13)(H,14,15).